The Morgan fingerprint density at radius 3 is 2.28 bits per heavy atom. The average Bonchev–Trinajstić information content (AvgIpc) is 3.78. The number of rotatable bonds is 8. The van der Waals surface area contributed by atoms with Gasteiger partial charge in [-0.2, -0.15) is 0 Å². The van der Waals surface area contributed by atoms with Crippen LogP contribution in [0.3, 0.4) is 0 Å². The van der Waals surface area contributed by atoms with Crippen molar-refractivity contribution in [3.63, 3.8) is 0 Å². The Balaban J connectivity index is 1.41. The molecule has 0 spiro atoms. The van der Waals surface area contributed by atoms with Crippen LogP contribution in [0.2, 0.25) is 0 Å². The van der Waals surface area contributed by atoms with Gasteiger partial charge < -0.3 is 34.2 Å². The largest absolute Gasteiger partial charge is 0.639 e. The second kappa shape index (κ2) is 12.2. The van der Waals surface area contributed by atoms with E-state index in [0.29, 0.717) is 22.2 Å². The Bertz CT molecular complexity index is 2020. The van der Waals surface area contributed by atoms with Crippen molar-refractivity contribution in [2.75, 3.05) is 24.7 Å². The van der Waals surface area contributed by atoms with E-state index in [9.17, 15) is 27.8 Å². The van der Waals surface area contributed by atoms with Gasteiger partial charge in [-0.05, 0) is 66.3 Å². The van der Waals surface area contributed by atoms with Crippen molar-refractivity contribution < 1.29 is 45.9 Å². The van der Waals surface area contributed by atoms with Crippen LogP contribution in [-0.2, 0) is 25.9 Å². The number of carbonyl (C=O) groups is 1. The number of fused-ring (bicyclic) bond motifs is 1. The quantitative estimate of drug-likeness (QED) is 0.223. The number of sulfonamides is 1. The lowest BCUT2D eigenvalue weighted by Crippen LogP contribution is -2.40. The molecule has 11 nitrogen and oxygen atoms in total. The molecule has 244 valence electrons. The second-order valence-corrected chi connectivity index (χ2v) is 13.3. The van der Waals surface area contributed by atoms with Crippen molar-refractivity contribution in [1.29, 1.82) is 0 Å². The van der Waals surface area contributed by atoms with Gasteiger partial charge in [0.2, 0.25) is 10.0 Å². The highest BCUT2D eigenvalue weighted by atomic mass is 32.2. The highest BCUT2D eigenvalue weighted by molar-refractivity contribution is 7.92. The van der Waals surface area contributed by atoms with Gasteiger partial charge in [-0.25, -0.2) is 17.2 Å². The van der Waals surface area contributed by atoms with E-state index < -0.39 is 46.6 Å². The van der Waals surface area contributed by atoms with Crippen LogP contribution in [0.1, 0.15) is 40.2 Å². The molecule has 2 aliphatic rings. The summed E-state index contributed by atoms with van der Waals surface area (Å²) in [6, 6.07) is 12.7. The van der Waals surface area contributed by atoms with Gasteiger partial charge in [-0.3, -0.25) is 9.10 Å². The highest BCUT2D eigenvalue weighted by Gasteiger charge is 2.35. The fourth-order valence-corrected chi connectivity index (χ4v) is 6.36. The van der Waals surface area contributed by atoms with Crippen molar-refractivity contribution in [2.24, 2.45) is 0 Å². The lowest BCUT2D eigenvalue weighted by molar-refractivity contribution is 0.0964. The van der Waals surface area contributed by atoms with Crippen LogP contribution in [0.15, 0.2) is 83.3 Å². The molecule has 1 saturated carbocycles. The summed E-state index contributed by atoms with van der Waals surface area (Å²) >= 11 is 0. The van der Waals surface area contributed by atoms with E-state index in [4.69, 9.17) is 13.7 Å². The van der Waals surface area contributed by atoms with E-state index in [1.807, 2.05) is 0 Å². The minimum absolute atomic E-state index is 0.0218. The third kappa shape index (κ3) is 6.56. The van der Waals surface area contributed by atoms with Crippen molar-refractivity contribution in [3.05, 3.63) is 107 Å². The molecule has 1 amide bonds. The lowest BCUT2D eigenvalue weighted by atomic mass is 9.78. The molecule has 1 aromatic heterocycles. The standard InChI is InChI=1S/C32H30BF2N3O8S/c1-36-32(41)30-23-13-22(19-5-6-19)26(14-27(23)44-31(30)20-7-9-21(34)10-8-20)38(47(3,42)43)15-18-4-11-24(25(35)12-18)33-45-28(39)16-37(2)17-29(40)46-33/h4,7-14,16-17,19,39-40H,5-6,15H2,1-3H3,(H,36,41). The number of anilines is 1. The van der Waals surface area contributed by atoms with Crippen molar-refractivity contribution >= 4 is 45.2 Å². The summed E-state index contributed by atoms with van der Waals surface area (Å²) in [5, 5.41) is 23.2. The van der Waals surface area contributed by atoms with E-state index in [1.165, 1.54) is 55.4 Å². The molecule has 1 aliphatic carbocycles. The summed E-state index contributed by atoms with van der Waals surface area (Å²) in [6.45, 7) is -0.261. The van der Waals surface area contributed by atoms with Crippen LogP contribution in [0.25, 0.3) is 22.3 Å². The molecule has 3 aromatic carbocycles. The SMILES string of the molecule is CNC(=O)c1c(-c2ccc(F)cc2)oc2cc(N(Cc3ccc(B4OC(O)=CN(C)C=C(O)O4)c(F)c3)S(C)(=O)=O)c(C3CC3)cc12. The number of halogens is 2. The van der Waals surface area contributed by atoms with Crippen LogP contribution in [0.4, 0.5) is 14.5 Å². The summed E-state index contributed by atoms with van der Waals surface area (Å²) in [7, 11) is -2.50. The minimum atomic E-state index is -3.95. The predicted molar refractivity (Wildman–Crippen MR) is 171 cm³/mol. The molecule has 0 atom stereocenters. The third-order valence-corrected chi connectivity index (χ3v) is 8.94. The van der Waals surface area contributed by atoms with Gasteiger partial charge in [0.25, 0.3) is 17.8 Å². The van der Waals surface area contributed by atoms with E-state index >= 15 is 4.39 Å². The predicted octanol–water partition coefficient (Wildman–Crippen LogP) is 4.97. The van der Waals surface area contributed by atoms with Gasteiger partial charge in [-0.1, -0.05) is 12.1 Å². The molecular formula is C32H30BF2N3O8S. The number of hydrogen-bond acceptors (Lipinski definition) is 9. The lowest BCUT2D eigenvalue weighted by Gasteiger charge is -2.26. The van der Waals surface area contributed by atoms with Gasteiger partial charge in [-0.15, -0.1) is 0 Å². The Labute approximate surface area is 269 Å². The van der Waals surface area contributed by atoms with Gasteiger partial charge in [0.1, 0.15) is 23.0 Å². The molecule has 1 fully saturated rings. The number of nitrogens with one attached hydrogen (secondary N) is 1. The summed E-state index contributed by atoms with van der Waals surface area (Å²) < 4.78 is 73.6. The van der Waals surface area contributed by atoms with Gasteiger partial charge in [0.15, 0.2) is 0 Å². The molecule has 1 aliphatic heterocycles. The fraction of sp³-hybridized carbons (Fsp3) is 0.219. The number of furan rings is 1. The Morgan fingerprint density at radius 1 is 1.04 bits per heavy atom. The van der Waals surface area contributed by atoms with Crippen molar-refractivity contribution in [3.8, 4) is 11.3 Å². The van der Waals surface area contributed by atoms with E-state index in [-0.39, 0.29) is 40.4 Å². The minimum Gasteiger partial charge on any atom is -0.494 e. The van der Waals surface area contributed by atoms with Gasteiger partial charge in [0.05, 0.1) is 36.5 Å². The van der Waals surface area contributed by atoms with E-state index in [0.717, 1.165) is 41.9 Å². The van der Waals surface area contributed by atoms with Crippen LogP contribution < -0.4 is 15.1 Å². The number of carbonyl (C=O) groups excluding carboxylic acids is 1. The van der Waals surface area contributed by atoms with Crippen LogP contribution >= 0.6 is 0 Å². The number of aliphatic hydroxyl groups excluding tert-OH is 2. The Morgan fingerprint density at radius 2 is 1.70 bits per heavy atom. The second-order valence-electron chi connectivity index (χ2n) is 11.4. The van der Waals surface area contributed by atoms with Crippen LogP contribution in [-0.4, -0.2) is 56.9 Å². The molecule has 47 heavy (non-hydrogen) atoms. The number of hydrogen-bond donors (Lipinski definition) is 3. The molecule has 0 bridgehead atoms. The van der Waals surface area contributed by atoms with E-state index in [1.54, 1.807) is 12.1 Å². The maximum atomic E-state index is 15.5. The smallest absolute Gasteiger partial charge is 0.494 e. The maximum absolute atomic E-state index is 15.5. The molecule has 6 rings (SSSR count). The molecule has 4 aromatic rings. The van der Waals surface area contributed by atoms with Crippen LogP contribution in [0, 0.1) is 11.6 Å². The third-order valence-electron chi connectivity index (χ3n) is 7.81. The molecule has 3 N–H and O–H groups in total. The first-order chi connectivity index (χ1) is 22.3. The summed E-state index contributed by atoms with van der Waals surface area (Å²) in [4.78, 5) is 14.4. The molecule has 0 unspecified atom stereocenters. The number of amides is 1. The van der Waals surface area contributed by atoms with Crippen LogP contribution in [0.5, 0.6) is 0 Å². The zero-order chi connectivity index (χ0) is 33.6. The first-order valence-corrected chi connectivity index (χ1v) is 16.4. The zero-order valence-electron chi connectivity index (χ0n) is 25.5. The summed E-state index contributed by atoms with van der Waals surface area (Å²) in [6.07, 6.45) is 4.94. The Kier molecular flexibility index (Phi) is 8.26. The summed E-state index contributed by atoms with van der Waals surface area (Å²) in [5.41, 5.74) is 2.05. The maximum Gasteiger partial charge on any atom is 0.639 e. The normalized spacial score (nSPS) is 15.3. The average molecular weight is 665 g/mol. The highest BCUT2D eigenvalue weighted by Crippen LogP contribution is 2.48. The number of nitrogens with zero attached hydrogens (tertiary/aromatic N) is 2. The number of aliphatic hydroxyl groups is 2. The number of benzene rings is 3. The monoisotopic (exact) mass is 665 g/mol. The van der Waals surface area contributed by atoms with Gasteiger partial charge in [0, 0.05) is 36.6 Å². The fourth-order valence-electron chi connectivity index (χ4n) is 5.47. The molecule has 0 saturated heterocycles. The first kappa shape index (κ1) is 31.8. The van der Waals surface area contributed by atoms with E-state index in [2.05, 4.69) is 5.32 Å². The Hall–Kier alpha value is -5.18. The molecule has 15 heteroatoms. The van der Waals surface area contributed by atoms with Crippen molar-refractivity contribution in [1.82, 2.24) is 10.2 Å². The molecular weight excluding hydrogens is 635 g/mol. The molecule has 2 heterocycles. The summed E-state index contributed by atoms with van der Waals surface area (Å²) in [5.74, 6) is -2.67. The van der Waals surface area contributed by atoms with Crippen molar-refractivity contribution in [2.45, 2.75) is 25.3 Å². The topological polar surface area (TPSA) is 142 Å². The zero-order valence-corrected chi connectivity index (χ0v) is 26.3. The molecule has 0 radical (unpaired) electrons. The van der Waals surface area contributed by atoms with Gasteiger partial charge >= 0.3 is 7.12 Å². The first-order valence-electron chi connectivity index (χ1n) is 14.5.